The van der Waals surface area contributed by atoms with Crippen molar-refractivity contribution in [2.45, 2.75) is 38.3 Å². The van der Waals surface area contributed by atoms with Crippen LogP contribution in [0.1, 0.15) is 37.8 Å². The lowest BCUT2D eigenvalue weighted by Gasteiger charge is -2.37. The van der Waals surface area contributed by atoms with E-state index < -0.39 is 11.9 Å². The largest absolute Gasteiger partial charge is 0.483 e. The van der Waals surface area contributed by atoms with Gasteiger partial charge in [-0.05, 0) is 31.2 Å². The van der Waals surface area contributed by atoms with E-state index >= 15 is 0 Å². The molecule has 1 aromatic carbocycles. The number of carbonyl (C=O) groups is 2. The van der Waals surface area contributed by atoms with Gasteiger partial charge < -0.3 is 9.64 Å². The lowest BCUT2D eigenvalue weighted by atomic mass is 9.74. The van der Waals surface area contributed by atoms with E-state index in [0.717, 1.165) is 19.3 Å². The lowest BCUT2D eigenvalue weighted by Crippen LogP contribution is -2.41. The minimum Gasteiger partial charge on any atom is -0.483 e. The average Bonchev–Trinajstić information content (AvgIpc) is 2.89. The fourth-order valence-electron chi connectivity index (χ4n) is 4.47. The number of Topliss-reactive ketones (excluding diaryl/α,β-unsaturated/α-hetero) is 1. The van der Waals surface area contributed by atoms with E-state index in [9.17, 15) is 14.0 Å². The maximum Gasteiger partial charge on any atom is 0.290 e. The number of carbonyl (C=O) groups excluding carboxylic acids is 2. The molecule has 2 heterocycles. The molecule has 2 aliphatic heterocycles. The molecule has 4 unspecified atom stereocenters. The monoisotopic (exact) mass is 355 g/mol. The zero-order valence-corrected chi connectivity index (χ0v) is 14.8. The van der Waals surface area contributed by atoms with Gasteiger partial charge in [0.05, 0.1) is 17.5 Å². The van der Waals surface area contributed by atoms with Crippen LogP contribution in [0.15, 0.2) is 48.3 Å². The highest BCUT2D eigenvalue weighted by Gasteiger charge is 2.52. The highest BCUT2D eigenvalue weighted by atomic mass is 19.1. The summed E-state index contributed by atoms with van der Waals surface area (Å²) in [5.74, 6) is -0.530. The number of hydrogen-bond donors (Lipinski definition) is 0. The van der Waals surface area contributed by atoms with Crippen molar-refractivity contribution in [3.8, 4) is 0 Å². The van der Waals surface area contributed by atoms with Crippen molar-refractivity contribution in [3.63, 3.8) is 0 Å². The molecule has 0 aromatic heterocycles. The molecule has 1 amide bonds. The van der Waals surface area contributed by atoms with Crippen molar-refractivity contribution >= 4 is 11.7 Å². The standard InChI is InChI=1S/C21H22FNO3/c1-3-10-23-18(13-6-4-5-7-15(13)22)17-19(24)14-11-12(2)8-9-16(14)26-20(17)21(23)25/h3-7,12,14,16,18H,1,8-11H2,2H3. The van der Waals surface area contributed by atoms with Gasteiger partial charge in [0.2, 0.25) is 0 Å². The Morgan fingerprint density at radius 3 is 2.81 bits per heavy atom. The molecule has 0 saturated heterocycles. The minimum absolute atomic E-state index is 0.0593. The molecule has 1 fully saturated rings. The highest BCUT2D eigenvalue weighted by Crippen LogP contribution is 2.47. The maximum atomic E-state index is 14.5. The normalized spacial score (nSPS) is 30.8. The van der Waals surface area contributed by atoms with Crippen molar-refractivity contribution in [2.75, 3.05) is 6.54 Å². The van der Waals surface area contributed by atoms with E-state index in [-0.39, 0.29) is 36.0 Å². The Bertz CT molecular complexity index is 815. The second-order valence-corrected chi connectivity index (χ2v) is 7.46. The number of nitrogens with zero attached hydrogens (tertiary/aromatic N) is 1. The molecule has 3 aliphatic rings. The molecule has 1 aliphatic carbocycles. The van der Waals surface area contributed by atoms with Gasteiger partial charge in [-0.25, -0.2) is 4.39 Å². The van der Waals surface area contributed by atoms with Crippen LogP contribution in [0.5, 0.6) is 0 Å². The summed E-state index contributed by atoms with van der Waals surface area (Å²) >= 11 is 0. The van der Waals surface area contributed by atoms with Gasteiger partial charge in [0.15, 0.2) is 11.5 Å². The fourth-order valence-corrected chi connectivity index (χ4v) is 4.47. The summed E-state index contributed by atoms with van der Waals surface area (Å²) in [5, 5.41) is 0. The molecule has 1 aromatic rings. The van der Waals surface area contributed by atoms with E-state index in [1.165, 1.54) is 11.0 Å². The second kappa shape index (κ2) is 6.38. The number of ether oxygens (including phenoxy) is 1. The predicted molar refractivity (Wildman–Crippen MR) is 94.5 cm³/mol. The smallest absolute Gasteiger partial charge is 0.290 e. The first-order valence-corrected chi connectivity index (χ1v) is 9.14. The predicted octanol–water partition coefficient (Wildman–Crippen LogP) is 3.55. The molecule has 4 nitrogen and oxygen atoms in total. The molecular weight excluding hydrogens is 333 g/mol. The fraction of sp³-hybridized carbons (Fsp3) is 0.429. The Kier molecular flexibility index (Phi) is 4.17. The SMILES string of the molecule is C=CCN1C(=O)C2=C(C(=O)C3CC(C)CCC3O2)C1c1ccccc1F. The van der Waals surface area contributed by atoms with Gasteiger partial charge >= 0.3 is 0 Å². The van der Waals surface area contributed by atoms with Gasteiger partial charge in [-0.15, -0.1) is 6.58 Å². The number of rotatable bonds is 3. The Morgan fingerprint density at radius 1 is 1.31 bits per heavy atom. The number of fused-ring (bicyclic) bond motifs is 1. The number of benzene rings is 1. The summed E-state index contributed by atoms with van der Waals surface area (Å²) < 4.78 is 20.5. The first kappa shape index (κ1) is 17.0. The first-order valence-electron chi connectivity index (χ1n) is 9.14. The lowest BCUT2D eigenvalue weighted by molar-refractivity contribution is -0.135. The Hall–Kier alpha value is -2.43. The van der Waals surface area contributed by atoms with Crippen LogP contribution in [-0.4, -0.2) is 29.2 Å². The van der Waals surface area contributed by atoms with E-state index in [4.69, 9.17) is 4.74 Å². The third kappa shape index (κ3) is 2.49. The van der Waals surface area contributed by atoms with Gasteiger partial charge in [-0.3, -0.25) is 9.59 Å². The van der Waals surface area contributed by atoms with Crippen LogP contribution in [0.25, 0.3) is 0 Å². The Morgan fingerprint density at radius 2 is 2.08 bits per heavy atom. The summed E-state index contributed by atoms with van der Waals surface area (Å²) in [5.41, 5.74) is 0.643. The molecular formula is C21H22FNO3. The van der Waals surface area contributed by atoms with Gasteiger partial charge in [0.1, 0.15) is 11.9 Å². The van der Waals surface area contributed by atoms with E-state index in [1.54, 1.807) is 24.3 Å². The topological polar surface area (TPSA) is 46.6 Å². The van der Waals surface area contributed by atoms with Crippen molar-refractivity contribution in [1.29, 1.82) is 0 Å². The van der Waals surface area contributed by atoms with Crippen LogP contribution in [0, 0.1) is 17.7 Å². The summed E-state index contributed by atoms with van der Waals surface area (Å²) in [6, 6.07) is 5.54. The molecule has 136 valence electrons. The highest BCUT2D eigenvalue weighted by molar-refractivity contribution is 6.11. The van der Waals surface area contributed by atoms with Crippen molar-refractivity contribution in [2.24, 2.45) is 11.8 Å². The quantitative estimate of drug-likeness (QED) is 0.779. The number of hydrogen-bond acceptors (Lipinski definition) is 3. The summed E-state index contributed by atoms with van der Waals surface area (Å²) in [6.45, 7) is 6.06. The van der Waals surface area contributed by atoms with Gasteiger partial charge in [0.25, 0.3) is 5.91 Å². The van der Waals surface area contributed by atoms with Crippen molar-refractivity contribution in [3.05, 3.63) is 59.6 Å². The zero-order chi connectivity index (χ0) is 18.4. The third-order valence-corrected chi connectivity index (χ3v) is 5.73. The Balaban J connectivity index is 1.82. The minimum atomic E-state index is -0.748. The van der Waals surface area contributed by atoms with Crippen LogP contribution < -0.4 is 0 Å². The van der Waals surface area contributed by atoms with Crippen LogP contribution >= 0.6 is 0 Å². The van der Waals surface area contributed by atoms with Gasteiger partial charge in [0, 0.05) is 12.1 Å². The average molecular weight is 355 g/mol. The number of ketones is 1. The van der Waals surface area contributed by atoms with E-state index in [2.05, 4.69) is 13.5 Å². The van der Waals surface area contributed by atoms with Gasteiger partial charge in [-0.1, -0.05) is 31.2 Å². The third-order valence-electron chi connectivity index (χ3n) is 5.73. The summed E-state index contributed by atoms with van der Waals surface area (Å²) in [7, 11) is 0. The first-order chi connectivity index (χ1) is 12.5. The maximum absolute atomic E-state index is 14.5. The molecule has 0 bridgehead atoms. The molecule has 0 N–H and O–H groups in total. The molecule has 4 atom stereocenters. The van der Waals surface area contributed by atoms with Crippen LogP contribution in [0.4, 0.5) is 4.39 Å². The molecule has 26 heavy (non-hydrogen) atoms. The van der Waals surface area contributed by atoms with Crippen molar-refractivity contribution < 1.29 is 18.7 Å². The van der Waals surface area contributed by atoms with Crippen LogP contribution in [0.2, 0.25) is 0 Å². The Labute approximate surface area is 152 Å². The number of halogens is 1. The molecule has 0 radical (unpaired) electrons. The van der Waals surface area contributed by atoms with Crippen LogP contribution in [-0.2, 0) is 14.3 Å². The molecule has 4 rings (SSSR count). The summed E-state index contributed by atoms with van der Waals surface area (Å²) in [6.07, 6.45) is 3.85. The van der Waals surface area contributed by atoms with Gasteiger partial charge in [-0.2, -0.15) is 0 Å². The molecule has 1 saturated carbocycles. The van der Waals surface area contributed by atoms with Crippen molar-refractivity contribution in [1.82, 2.24) is 4.90 Å². The summed E-state index contributed by atoms with van der Waals surface area (Å²) in [4.78, 5) is 27.7. The second-order valence-electron chi connectivity index (χ2n) is 7.46. The van der Waals surface area contributed by atoms with Crippen LogP contribution in [0.3, 0.4) is 0 Å². The zero-order valence-electron chi connectivity index (χ0n) is 14.8. The van der Waals surface area contributed by atoms with E-state index in [0.29, 0.717) is 17.1 Å². The molecule has 5 heteroatoms. The number of amides is 1. The van der Waals surface area contributed by atoms with E-state index in [1.807, 2.05) is 0 Å². The molecule has 0 spiro atoms.